The Morgan fingerprint density at radius 2 is 1.69 bits per heavy atom. The van der Waals surface area contributed by atoms with Gasteiger partial charge in [0.2, 0.25) is 15.9 Å². The summed E-state index contributed by atoms with van der Waals surface area (Å²) in [5.74, 6) is -0.286. The Hall–Kier alpha value is -2.45. The van der Waals surface area contributed by atoms with Crippen molar-refractivity contribution in [1.29, 1.82) is 0 Å². The Balaban J connectivity index is 1.86. The molecule has 0 spiro atoms. The van der Waals surface area contributed by atoms with Gasteiger partial charge in [0.1, 0.15) is 11.6 Å². The molecule has 2 rings (SSSR count). The number of hydrogen-bond donors (Lipinski definition) is 2. The maximum atomic E-state index is 12.8. The van der Waals surface area contributed by atoms with Crippen LogP contribution in [0.5, 0.6) is 5.75 Å². The summed E-state index contributed by atoms with van der Waals surface area (Å²) in [6.45, 7) is 3.53. The van der Waals surface area contributed by atoms with Gasteiger partial charge in [0.25, 0.3) is 0 Å². The van der Waals surface area contributed by atoms with Crippen LogP contribution in [0.4, 0.5) is 4.39 Å². The number of halogens is 1. The van der Waals surface area contributed by atoms with Crippen LogP contribution in [0, 0.1) is 5.82 Å². The lowest BCUT2D eigenvalue weighted by molar-refractivity contribution is -0.120. The first-order valence-corrected chi connectivity index (χ1v) is 9.52. The average Bonchev–Trinajstić information content (AvgIpc) is 2.59. The molecule has 6 nitrogen and oxygen atoms in total. The normalized spacial score (nSPS) is 11.4. The van der Waals surface area contributed by atoms with Crippen LogP contribution in [0.15, 0.2) is 53.4 Å². The number of rotatable bonds is 8. The van der Waals surface area contributed by atoms with Gasteiger partial charge in [0.15, 0.2) is 0 Å². The molecule has 0 aromatic heterocycles. The van der Waals surface area contributed by atoms with Crippen LogP contribution < -0.4 is 14.8 Å². The molecule has 0 bridgehead atoms. The maximum Gasteiger partial charge on any atom is 0.241 e. The Kier molecular flexibility index (Phi) is 6.70. The zero-order chi connectivity index (χ0) is 19.2. The van der Waals surface area contributed by atoms with E-state index in [1.165, 1.54) is 24.3 Å². The quantitative estimate of drug-likeness (QED) is 0.735. The lowest BCUT2D eigenvalue weighted by Crippen LogP contribution is -2.36. The summed E-state index contributed by atoms with van der Waals surface area (Å²) in [5, 5.41) is 2.56. The fourth-order valence-corrected chi connectivity index (χ4v) is 3.06. The molecule has 0 atom stereocenters. The van der Waals surface area contributed by atoms with Gasteiger partial charge in [-0.25, -0.2) is 17.5 Å². The summed E-state index contributed by atoms with van der Waals surface area (Å²) in [5.41, 5.74) is 0.711. The minimum absolute atomic E-state index is 0.0135. The number of benzene rings is 2. The first kappa shape index (κ1) is 19.9. The number of nitrogens with one attached hydrogen (secondary N) is 2. The summed E-state index contributed by atoms with van der Waals surface area (Å²) in [7, 11) is -3.81. The van der Waals surface area contributed by atoms with E-state index in [9.17, 15) is 17.6 Å². The molecule has 1 amide bonds. The van der Waals surface area contributed by atoms with Crippen LogP contribution in [-0.2, 0) is 21.4 Å². The highest BCUT2D eigenvalue weighted by Crippen LogP contribution is 2.16. The highest BCUT2D eigenvalue weighted by Gasteiger charge is 2.15. The lowest BCUT2D eigenvalue weighted by atomic mass is 10.2. The van der Waals surface area contributed by atoms with Crippen molar-refractivity contribution in [3.63, 3.8) is 0 Å². The number of hydrogen-bond acceptors (Lipinski definition) is 4. The molecule has 0 aliphatic rings. The van der Waals surface area contributed by atoms with Crippen molar-refractivity contribution in [3.05, 3.63) is 59.9 Å². The first-order valence-electron chi connectivity index (χ1n) is 8.04. The molecule has 2 aromatic rings. The third-order valence-electron chi connectivity index (χ3n) is 3.33. The van der Waals surface area contributed by atoms with Crippen molar-refractivity contribution < 1.29 is 22.3 Å². The minimum atomic E-state index is -3.81. The average molecular weight is 380 g/mol. The molecule has 0 saturated carbocycles. The SMILES string of the molecule is CC(C)Oc1ccc(S(=O)(=O)NCC(=O)NCc2ccc(F)cc2)cc1. The summed E-state index contributed by atoms with van der Waals surface area (Å²) in [6, 6.07) is 11.6. The van der Waals surface area contributed by atoms with Gasteiger partial charge in [-0.15, -0.1) is 0 Å². The standard InChI is InChI=1S/C18H21FN2O4S/c1-13(2)25-16-7-9-17(10-8-16)26(23,24)21-12-18(22)20-11-14-3-5-15(19)6-4-14/h3-10,13,21H,11-12H2,1-2H3,(H,20,22). The Bertz CT molecular complexity index is 834. The van der Waals surface area contributed by atoms with E-state index in [0.29, 0.717) is 11.3 Å². The molecule has 8 heteroatoms. The highest BCUT2D eigenvalue weighted by atomic mass is 32.2. The Labute approximate surface area is 152 Å². The summed E-state index contributed by atoms with van der Waals surface area (Å²) in [4.78, 5) is 11.8. The molecular formula is C18H21FN2O4S. The third-order valence-corrected chi connectivity index (χ3v) is 4.75. The fourth-order valence-electron chi connectivity index (χ4n) is 2.08. The van der Waals surface area contributed by atoms with E-state index < -0.39 is 22.5 Å². The lowest BCUT2D eigenvalue weighted by Gasteiger charge is -2.11. The van der Waals surface area contributed by atoms with Gasteiger partial charge < -0.3 is 10.1 Å². The van der Waals surface area contributed by atoms with Crippen LogP contribution >= 0.6 is 0 Å². The van der Waals surface area contributed by atoms with Crippen LogP contribution in [0.1, 0.15) is 19.4 Å². The Morgan fingerprint density at radius 1 is 1.08 bits per heavy atom. The second-order valence-corrected chi connectivity index (χ2v) is 7.63. The zero-order valence-electron chi connectivity index (χ0n) is 14.5. The van der Waals surface area contributed by atoms with Gasteiger partial charge in [-0.2, -0.15) is 0 Å². The van der Waals surface area contributed by atoms with Gasteiger partial charge in [-0.05, 0) is 55.8 Å². The van der Waals surface area contributed by atoms with Crippen molar-refractivity contribution in [3.8, 4) is 5.75 Å². The van der Waals surface area contributed by atoms with Crippen molar-refractivity contribution in [1.82, 2.24) is 10.0 Å². The van der Waals surface area contributed by atoms with Gasteiger partial charge in [-0.3, -0.25) is 4.79 Å². The van der Waals surface area contributed by atoms with Crippen molar-refractivity contribution in [2.75, 3.05) is 6.54 Å². The van der Waals surface area contributed by atoms with Crippen molar-refractivity contribution in [2.24, 2.45) is 0 Å². The molecule has 26 heavy (non-hydrogen) atoms. The fraction of sp³-hybridized carbons (Fsp3) is 0.278. The summed E-state index contributed by atoms with van der Waals surface area (Å²) < 4.78 is 44.9. The van der Waals surface area contributed by atoms with Gasteiger partial charge in [0, 0.05) is 6.54 Å². The molecule has 0 saturated heterocycles. The molecule has 2 N–H and O–H groups in total. The maximum absolute atomic E-state index is 12.8. The van der Waals surface area contributed by atoms with Crippen LogP contribution in [0.3, 0.4) is 0 Å². The predicted octanol–water partition coefficient (Wildman–Crippen LogP) is 2.21. The smallest absolute Gasteiger partial charge is 0.241 e. The van der Waals surface area contributed by atoms with E-state index in [1.54, 1.807) is 24.3 Å². The van der Waals surface area contributed by atoms with Crippen LogP contribution in [0.2, 0.25) is 0 Å². The van der Waals surface area contributed by atoms with Gasteiger partial charge >= 0.3 is 0 Å². The van der Waals surface area contributed by atoms with E-state index in [-0.39, 0.29) is 23.4 Å². The zero-order valence-corrected chi connectivity index (χ0v) is 15.3. The van der Waals surface area contributed by atoms with Crippen molar-refractivity contribution >= 4 is 15.9 Å². The van der Waals surface area contributed by atoms with Gasteiger partial charge in [0.05, 0.1) is 17.5 Å². The second-order valence-electron chi connectivity index (χ2n) is 5.87. The van der Waals surface area contributed by atoms with Crippen molar-refractivity contribution in [2.45, 2.75) is 31.4 Å². The topological polar surface area (TPSA) is 84.5 Å². The van der Waals surface area contributed by atoms with E-state index >= 15 is 0 Å². The molecule has 140 valence electrons. The molecule has 0 fully saturated rings. The number of amides is 1. The number of carbonyl (C=O) groups is 1. The Morgan fingerprint density at radius 3 is 2.27 bits per heavy atom. The predicted molar refractivity (Wildman–Crippen MR) is 95.6 cm³/mol. The minimum Gasteiger partial charge on any atom is -0.491 e. The molecule has 0 radical (unpaired) electrons. The number of carbonyl (C=O) groups excluding carboxylic acids is 1. The number of sulfonamides is 1. The van der Waals surface area contributed by atoms with E-state index in [0.717, 1.165) is 0 Å². The highest BCUT2D eigenvalue weighted by molar-refractivity contribution is 7.89. The number of ether oxygens (including phenoxy) is 1. The monoisotopic (exact) mass is 380 g/mol. The molecular weight excluding hydrogens is 359 g/mol. The first-order chi connectivity index (χ1) is 12.3. The second kappa shape index (κ2) is 8.77. The summed E-state index contributed by atoms with van der Waals surface area (Å²) >= 11 is 0. The van der Waals surface area contributed by atoms with Gasteiger partial charge in [-0.1, -0.05) is 12.1 Å². The van der Waals surface area contributed by atoms with E-state index in [1.807, 2.05) is 13.8 Å². The molecule has 0 aliphatic carbocycles. The van der Waals surface area contributed by atoms with Crippen LogP contribution in [-0.4, -0.2) is 27.0 Å². The third kappa shape index (κ3) is 6.12. The molecule has 2 aromatic carbocycles. The van der Waals surface area contributed by atoms with E-state index in [4.69, 9.17) is 4.74 Å². The molecule has 0 aliphatic heterocycles. The van der Waals surface area contributed by atoms with Crippen LogP contribution in [0.25, 0.3) is 0 Å². The largest absolute Gasteiger partial charge is 0.491 e. The van der Waals surface area contributed by atoms with E-state index in [2.05, 4.69) is 10.0 Å². The summed E-state index contributed by atoms with van der Waals surface area (Å²) in [6.07, 6.45) is -0.0135. The molecule has 0 unspecified atom stereocenters. The molecule has 0 heterocycles.